The molecule has 2 aromatic rings. The van der Waals surface area contributed by atoms with E-state index in [4.69, 9.17) is 14.7 Å². The summed E-state index contributed by atoms with van der Waals surface area (Å²) >= 11 is 0. The van der Waals surface area contributed by atoms with E-state index in [1.54, 1.807) is 0 Å². The van der Waals surface area contributed by atoms with Gasteiger partial charge in [-0.05, 0) is 0 Å². The summed E-state index contributed by atoms with van der Waals surface area (Å²) in [6.45, 7) is -0.202. The maximum atomic E-state index is 11.5. The molecule has 23 heavy (non-hydrogen) atoms. The first-order valence-electron chi connectivity index (χ1n) is 6.55. The number of hydrogen-bond acceptors (Lipinski definition) is 9. The third-order valence-electron chi connectivity index (χ3n) is 3.75. The second-order valence-electron chi connectivity index (χ2n) is 5.15. The molecule has 4 N–H and O–H groups in total. The van der Waals surface area contributed by atoms with Crippen LogP contribution < -0.4 is 5.49 Å². The highest BCUT2D eigenvalue weighted by Gasteiger charge is 2.52. The Labute approximate surface area is 127 Å². The van der Waals surface area contributed by atoms with Crippen LogP contribution in [0.15, 0.2) is 12.7 Å². The van der Waals surface area contributed by atoms with E-state index in [0.29, 0.717) is 4.73 Å². The molecule has 4 rings (SSSR count). The van der Waals surface area contributed by atoms with Crippen molar-refractivity contribution in [2.75, 3.05) is 6.61 Å². The van der Waals surface area contributed by atoms with E-state index < -0.39 is 32.4 Å². The molecule has 2 fully saturated rings. The molecular weight excluding hydrogens is 333 g/mol. The summed E-state index contributed by atoms with van der Waals surface area (Å²) in [5.41, 5.74) is 0.0277. The molecule has 2 saturated heterocycles. The number of nitrogens with zero attached hydrogens (tertiary/aromatic N) is 4. The van der Waals surface area contributed by atoms with Gasteiger partial charge in [0.1, 0.15) is 24.6 Å². The minimum atomic E-state index is -4.21. The van der Waals surface area contributed by atoms with Crippen LogP contribution in [0.3, 0.4) is 0 Å². The van der Waals surface area contributed by atoms with Gasteiger partial charge in [-0.15, -0.1) is 0 Å². The highest BCUT2D eigenvalue weighted by atomic mass is 31.2. The van der Waals surface area contributed by atoms with Gasteiger partial charge in [0, 0.05) is 0 Å². The van der Waals surface area contributed by atoms with Crippen molar-refractivity contribution in [1.82, 2.24) is 19.3 Å². The molecule has 0 bridgehead atoms. The molecule has 2 aromatic heterocycles. The average Bonchev–Trinajstić information content (AvgIpc) is 3.05. The van der Waals surface area contributed by atoms with E-state index in [1.807, 2.05) is 0 Å². The number of aliphatic hydroxyl groups excluding tert-OH is 1. The lowest BCUT2D eigenvalue weighted by molar-refractivity contribution is -0.0664. The number of hydrogen-bond donors (Lipinski definition) is 4. The second kappa shape index (κ2) is 4.84. The molecule has 0 radical (unpaired) electrons. The van der Waals surface area contributed by atoms with Gasteiger partial charge in [-0.2, -0.15) is 4.73 Å². The third-order valence-corrected chi connectivity index (χ3v) is 4.74. The van der Waals surface area contributed by atoms with Gasteiger partial charge in [-0.1, -0.05) is 0 Å². The van der Waals surface area contributed by atoms with Crippen LogP contribution in [-0.2, 0) is 18.3 Å². The minimum absolute atomic E-state index is 0.102. The van der Waals surface area contributed by atoms with E-state index in [9.17, 15) is 19.8 Å². The number of rotatable bonds is 1. The van der Waals surface area contributed by atoms with Crippen LogP contribution in [-0.4, -0.2) is 59.4 Å². The van der Waals surface area contributed by atoms with Crippen molar-refractivity contribution in [2.24, 2.45) is 0 Å². The summed E-state index contributed by atoms with van der Waals surface area (Å²) in [4.78, 5) is 17.3. The summed E-state index contributed by atoms with van der Waals surface area (Å²) in [6.07, 6.45) is -1.72. The minimum Gasteiger partial charge on any atom is -0.425 e. The molecule has 0 amide bonds. The van der Waals surface area contributed by atoms with Crippen LogP contribution in [0.4, 0.5) is 0 Å². The highest BCUT2D eigenvalue weighted by Crippen LogP contribution is 2.52. The van der Waals surface area contributed by atoms with Crippen LogP contribution in [0.1, 0.15) is 6.23 Å². The molecule has 2 aliphatic heterocycles. The number of aromatic nitrogens is 4. The largest absolute Gasteiger partial charge is 0.472 e. The molecule has 13 heteroatoms. The molecule has 0 aromatic carbocycles. The average molecular weight is 345 g/mol. The maximum absolute atomic E-state index is 11.5. The van der Waals surface area contributed by atoms with Crippen LogP contribution in [0.25, 0.3) is 11.2 Å². The number of phosphoric ester groups is 1. The van der Waals surface area contributed by atoms with Crippen molar-refractivity contribution >= 4 is 19.0 Å². The molecule has 124 valence electrons. The fourth-order valence-electron chi connectivity index (χ4n) is 2.68. The lowest BCUT2D eigenvalue weighted by atomic mass is 10.1. The number of fused-ring (bicyclic) bond motifs is 2. The predicted octanol–water partition coefficient (Wildman–Crippen LogP) is -1.28. The molecule has 0 aliphatic carbocycles. The summed E-state index contributed by atoms with van der Waals surface area (Å²) in [6, 6.07) is 0. The van der Waals surface area contributed by atoms with E-state index in [1.165, 1.54) is 10.9 Å². The zero-order valence-corrected chi connectivity index (χ0v) is 12.3. The Morgan fingerprint density at radius 3 is 2.96 bits per heavy atom. The fourth-order valence-corrected chi connectivity index (χ4v) is 3.64. The van der Waals surface area contributed by atoms with Crippen molar-refractivity contribution in [2.45, 2.75) is 24.5 Å². The van der Waals surface area contributed by atoms with Gasteiger partial charge in [0.05, 0.1) is 12.9 Å². The van der Waals surface area contributed by atoms with Crippen molar-refractivity contribution in [3.8, 4) is 0 Å². The topological polar surface area (TPSA) is 165 Å². The van der Waals surface area contributed by atoms with Crippen molar-refractivity contribution in [1.29, 1.82) is 5.41 Å². The Hall–Kier alpha value is -1.82. The van der Waals surface area contributed by atoms with Crippen LogP contribution in [0.5, 0.6) is 0 Å². The zero-order chi connectivity index (χ0) is 16.4. The van der Waals surface area contributed by atoms with Gasteiger partial charge < -0.3 is 19.9 Å². The molecule has 5 atom stereocenters. The summed E-state index contributed by atoms with van der Waals surface area (Å²) < 4.78 is 28.5. The first kappa shape index (κ1) is 14.8. The number of nitrogens with one attached hydrogen (secondary N) is 1. The van der Waals surface area contributed by atoms with Gasteiger partial charge in [-0.3, -0.25) is 19.0 Å². The number of aliphatic hydroxyl groups is 1. The second-order valence-corrected chi connectivity index (χ2v) is 6.56. The van der Waals surface area contributed by atoms with Gasteiger partial charge in [0.15, 0.2) is 22.9 Å². The Bertz CT molecular complexity index is 880. The maximum Gasteiger partial charge on any atom is 0.472 e. The SMILES string of the molecule is N=c1c2ncn([C@@H]3O[C@@H]4COP(=O)(O)O[C@H]4[C@H]3O)c2ncn1O. The number of imidazole rings is 1. The first-order valence-corrected chi connectivity index (χ1v) is 8.04. The highest BCUT2D eigenvalue weighted by molar-refractivity contribution is 7.47. The standard InChI is InChI=1S/C10H12N5O7P/c11-8-5-9(13-3-15(8)17)14(2-12-5)10-6(16)7-4(21-10)1-20-23(18,19)22-7/h2-4,6-7,10-11,16-17H,1H2,(H,18,19)/t4-,6-,7-,10-/m1/s1. The Morgan fingerprint density at radius 2 is 2.17 bits per heavy atom. The quantitative estimate of drug-likeness (QED) is 0.364. The van der Waals surface area contributed by atoms with E-state index in [-0.39, 0.29) is 23.3 Å². The fraction of sp³-hybridized carbons (Fsp3) is 0.500. The normalized spacial score (nSPS) is 37.1. The summed E-state index contributed by atoms with van der Waals surface area (Å²) in [5.74, 6) is 0. The summed E-state index contributed by atoms with van der Waals surface area (Å²) in [7, 11) is -4.21. The van der Waals surface area contributed by atoms with Crippen molar-refractivity contribution in [3.63, 3.8) is 0 Å². The van der Waals surface area contributed by atoms with E-state index in [2.05, 4.69) is 14.5 Å². The molecule has 0 saturated carbocycles. The van der Waals surface area contributed by atoms with Gasteiger partial charge in [0.2, 0.25) is 0 Å². The summed E-state index contributed by atoms with van der Waals surface area (Å²) in [5, 5.41) is 27.5. The Morgan fingerprint density at radius 1 is 1.39 bits per heavy atom. The third kappa shape index (κ3) is 2.19. The Kier molecular flexibility index (Phi) is 3.10. The van der Waals surface area contributed by atoms with E-state index in [0.717, 1.165) is 6.33 Å². The molecular formula is C10H12N5O7P. The van der Waals surface area contributed by atoms with Crippen LogP contribution in [0.2, 0.25) is 0 Å². The number of phosphoric acid groups is 1. The predicted molar refractivity (Wildman–Crippen MR) is 69.1 cm³/mol. The smallest absolute Gasteiger partial charge is 0.425 e. The van der Waals surface area contributed by atoms with Gasteiger partial charge in [0.25, 0.3) is 0 Å². The van der Waals surface area contributed by atoms with Crippen LogP contribution in [0, 0.1) is 5.41 Å². The molecule has 2 aliphatic rings. The van der Waals surface area contributed by atoms with Crippen LogP contribution >= 0.6 is 7.82 Å². The van der Waals surface area contributed by atoms with Crippen molar-refractivity contribution < 1.29 is 33.6 Å². The van der Waals surface area contributed by atoms with Gasteiger partial charge >= 0.3 is 7.82 Å². The Balaban J connectivity index is 1.74. The van der Waals surface area contributed by atoms with Crippen molar-refractivity contribution in [3.05, 3.63) is 18.1 Å². The van der Waals surface area contributed by atoms with E-state index >= 15 is 0 Å². The van der Waals surface area contributed by atoms with Gasteiger partial charge in [-0.25, -0.2) is 14.5 Å². The monoisotopic (exact) mass is 345 g/mol. The molecule has 1 unspecified atom stereocenters. The molecule has 0 spiro atoms. The lowest BCUT2D eigenvalue weighted by Gasteiger charge is -2.27. The molecule has 4 heterocycles. The molecule has 12 nitrogen and oxygen atoms in total. The lowest BCUT2D eigenvalue weighted by Crippen LogP contribution is -2.39. The first-order chi connectivity index (χ1) is 10.9. The zero-order valence-electron chi connectivity index (χ0n) is 11.4. The number of ether oxygens (including phenoxy) is 1.